The Bertz CT molecular complexity index is 917. The van der Waals surface area contributed by atoms with E-state index in [-0.39, 0.29) is 18.4 Å². The molecular formula is C22H25Cl2N3O4. The molecule has 7 nitrogen and oxygen atoms in total. The van der Waals surface area contributed by atoms with E-state index in [1.165, 1.54) is 11.0 Å². The molecule has 0 saturated carbocycles. The van der Waals surface area contributed by atoms with Gasteiger partial charge in [-0.2, -0.15) is 0 Å². The van der Waals surface area contributed by atoms with Crippen LogP contribution in [0.15, 0.2) is 42.5 Å². The highest BCUT2D eigenvalue weighted by molar-refractivity contribution is 6.35. The Labute approximate surface area is 191 Å². The van der Waals surface area contributed by atoms with Gasteiger partial charge in [-0.15, -0.1) is 0 Å². The van der Waals surface area contributed by atoms with Crippen molar-refractivity contribution in [1.29, 1.82) is 0 Å². The number of carbonyl (C=O) groups is 2. The molecule has 1 aliphatic heterocycles. The van der Waals surface area contributed by atoms with E-state index in [9.17, 15) is 9.59 Å². The minimum Gasteiger partial charge on any atom is -0.479 e. The van der Waals surface area contributed by atoms with Crippen LogP contribution in [0.2, 0.25) is 10.0 Å². The monoisotopic (exact) mass is 465 g/mol. The van der Waals surface area contributed by atoms with Crippen LogP contribution in [0.1, 0.15) is 6.92 Å². The van der Waals surface area contributed by atoms with Crippen LogP contribution in [0.25, 0.3) is 0 Å². The van der Waals surface area contributed by atoms with E-state index in [2.05, 4.69) is 10.2 Å². The van der Waals surface area contributed by atoms with Crippen molar-refractivity contribution < 1.29 is 19.1 Å². The summed E-state index contributed by atoms with van der Waals surface area (Å²) in [5.74, 6) is -0.291. The number of likely N-dealkylation sites (N-methyl/N-ethyl adjacent to an activating group) is 1. The summed E-state index contributed by atoms with van der Waals surface area (Å²) >= 11 is 12.0. The number of rotatable bonds is 7. The molecule has 166 valence electrons. The molecule has 9 heteroatoms. The Hall–Kier alpha value is -2.48. The van der Waals surface area contributed by atoms with Crippen molar-refractivity contribution in [3.63, 3.8) is 0 Å². The summed E-state index contributed by atoms with van der Waals surface area (Å²) in [5, 5.41) is 3.60. The zero-order chi connectivity index (χ0) is 22.4. The van der Waals surface area contributed by atoms with Gasteiger partial charge in [-0.05, 0) is 49.4 Å². The first-order chi connectivity index (χ1) is 14.8. The van der Waals surface area contributed by atoms with Crippen molar-refractivity contribution in [1.82, 2.24) is 4.90 Å². The molecule has 2 aromatic rings. The van der Waals surface area contributed by atoms with Crippen LogP contribution in [0.3, 0.4) is 0 Å². The van der Waals surface area contributed by atoms with Gasteiger partial charge in [0.1, 0.15) is 5.75 Å². The zero-order valence-corrected chi connectivity index (χ0v) is 18.9. The molecule has 0 aromatic heterocycles. The van der Waals surface area contributed by atoms with Gasteiger partial charge in [-0.3, -0.25) is 9.59 Å². The van der Waals surface area contributed by atoms with Gasteiger partial charge in [0, 0.05) is 36.5 Å². The Morgan fingerprint density at radius 1 is 1.16 bits per heavy atom. The molecule has 1 N–H and O–H groups in total. The smallest absolute Gasteiger partial charge is 0.263 e. The van der Waals surface area contributed by atoms with Gasteiger partial charge in [0.2, 0.25) is 5.91 Å². The first kappa shape index (κ1) is 23.2. The highest BCUT2D eigenvalue weighted by Crippen LogP contribution is 2.28. The van der Waals surface area contributed by atoms with Crippen molar-refractivity contribution in [3.8, 4) is 5.75 Å². The van der Waals surface area contributed by atoms with Crippen molar-refractivity contribution in [2.24, 2.45) is 0 Å². The number of nitrogens with zero attached hydrogens (tertiary/aromatic N) is 2. The maximum Gasteiger partial charge on any atom is 0.263 e. The highest BCUT2D eigenvalue weighted by Gasteiger charge is 2.22. The summed E-state index contributed by atoms with van der Waals surface area (Å²) in [6.45, 7) is 4.62. The van der Waals surface area contributed by atoms with Gasteiger partial charge in [0.15, 0.2) is 6.10 Å². The second-order valence-electron chi connectivity index (χ2n) is 7.22. The quantitative estimate of drug-likeness (QED) is 0.674. The molecule has 1 heterocycles. The Balaban J connectivity index is 1.50. The predicted octanol–water partition coefficient (Wildman–Crippen LogP) is 3.69. The maximum absolute atomic E-state index is 12.6. The summed E-state index contributed by atoms with van der Waals surface area (Å²) in [6, 6.07) is 12.4. The van der Waals surface area contributed by atoms with E-state index >= 15 is 0 Å². The van der Waals surface area contributed by atoms with E-state index in [0.717, 1.165) is 18.8 Å². The molecule has 0 bridgehead atoms. The van der Waals surface area contributed by atoms with Gasteiger partial charge in [-0.1, -0.05) is 23.2 Å². The lowest BCUT2D eigenvalue weighted by atomic mass is 10.2. The lowest BCUT2D eigenvalue weighted by Gasteiger charge is -2.29. The number of morpholine rings is 1. The molecule has 1 atom stereocenters. The van der Waals surface area contributed by atoms with Crippen LogP contribution in [-0.4, -0.2) is 62.7 Å². The zero-order valence-electron chi connectivity index (χ0n) is 17.4. The Morgan fingerprint density at radius 2 is 1.84 bits per heavy atom. The number of halogens is 2. The molecule has 0 radical (unpaired) electrons. The molecule has 1 aliphatic rings. The predicted molar refractivity (Wildman–Crippen MR) is 122 cm³/mol. The van der Waals surface area contributed by atoms with Gasteiger partial charge in [0.25, 0.3) is 5.91 Å². The third-order valence-electron chi connectivity index (χ3n) is 4.83. The van der Waals surface area contributed by atoms with Gasteiger partial charge in [-0.25, -0.2) is 0 Å². The topological polar surface area (TPSA) is 71.1 Å². The Kier molecular flexibility index (Phi) is 8.01. The van der Waals surface area contributed by atoms with E-state index in [1.54, 1.807) is 26.1 Å². The average Bonchev–Trinajstić information content (AvgIpc) is 2.76. The third kappa shape index (κ3) is 6.50. The second-order valence-corrected chi connectivity index (χ2v) is 8.07. The van der Waals surface area contributed by atoms with Crippen LogP contribution in [0.4, 0.5) is 11.4 Å². The molecular weight excluding hydrogens is 441 g/mol. The fraction of sp³-hybridized carbons (Fsp3) is 0.364. The largest absolute Gasteiger partial charge is 0.479 e. The molecule has 2 amide bonds. The van der Waals surface area contributed by atoms with Gasteiger partial charge < -0.3 is 24.6 Å². The number of amides is 2. The van der Waals surface area contributed by atoms with Crippen LogP contribution in [-0.2, 0) is 14.3 Å². The summed E-state index contributed by atoms with van der Waals surface area (Å²) in [7, 11) is 1.55. The Morgan fingerprint density at radius 3 is 2.48 bits per heavy atom. The molecule has 0 spiro atoms. The fourth-order valence-corrected chi connectivity index (χ4v) is 3.65. The minimum atomic E-state index is -0.815. The molecule has 1 fully saturated rings. The minimum absolute atomic E-state index is 0.105. The SMILES string of the molecule is C[C@@H](Oc1ccc(Cl)cc1Cl)C(=O)N(C)CC(=O)Nc1ccc(N2CCOCC2)cc1. The van der Waals surface area contributed by atoms with Crippen molar-refractivity contribution >= 4 is 46.4 Å². The molecule has 0 aliphatic carbocycles. The van der Waals surface area contributed by atoms with Crippen LogP contribution < -0.4 is 15.0 Å². The van der Waals surface area contributed by atoms with E-state index in [1.807, 2.05) is 24.3 Å². The summed E-state index contributed by atoms with van der Waals surface area (Å²) in [5.41, 5.74) is 1.75. The number of hydrogen-bond donors (Lipinski definition) is 1. The van der Waals surface area contributed by atoms with Gasteiger partial charge >= 0.3 is 0 Å². The molecule has 1 saturated heterocycles. The number of ether oxygens (including phenoxy) is 2. The van der Waals surface area contributed by atoms with E-state index < -0.39 is 6.10 Å². The summed E-state index contributed by atoms with van der Waals surface area (Å²) in [6.07, 6.45) is -0.815. The number of benzene rings is 2. The van der Waals surface area contributed by atoms with Crippen molar-refractivity contribution in [2.75, 3.05) is 50.1 Å². The van der Waals surface area contributed by atoms with Crippen LogP contribution in [0.5, 0.6) is 5.75 Å². The molecule has 31 heavy (non-hydrogen) atoms. The number of hydrogen-bond acceptors (Lipinski definition) is 5. The lowest BCUT2D eigenvalue weighted by Crippen LogP contribution is -2.42. The average molecular weight is 466 g/mol. The molecule has 2 aromatic carbocycles. The highest BCUT2D eigenvalue weighted by atomic mass is 35.5. The third-order valence-corrected chi connectivity index (χ3v) is 5.36. The number of nitrogens with one attached hydrogen (secondary N) is 1. The van der Waals surface area contributed by atoms with Crippen molar-refractivity contribution in [3.05, 3.63) is 52.5 Å². The van der Waals surface area contributed by atoms with E-state index in [0.29, 0.717) is 34.7 Å². The van der Waals surface area contributed by atoms with E-state index in [4.69, 9.17) is 32.7 Å². The fourth-order valence-electron chi connectivity index (χ4n) is 3.19. The second kappa shape index (κ2) is 10.7. The molecule has 3 rings (SSSR count). The number of carbonyl (C=O) groups excluding carboxylic acids is 2. The summed E-state index contributed by atoms with van der Waals surface area (Å²) < 4.78 is 11.0. The first-order valence-electron chi connectivity index (χ1n) is 9.93. The standard InChI is InChI=1S/C22H25Cl2N3O4/c1-15(31-20-8-3-16(23)13-19(20)24)22(29)26(2)14-21(28)25-17-4-6-18(7-5-17)27-9-11-30-12-10-27/h3-8,13,15H,9-12,14H2,1-2H3,(H,25,28)/t15-/m1/s1. The van der Waals surface area contributed by atoms with Crippen LogP contribution in [0, 0.1) is 0 Å². The maximum atomic E-state index is 12.6. The van der Waals surface area contributed by atoms with Gasteiger partial charge in [0.05, 0.1) is 24.8 Å². The lowest BCUT2D eigenvalue weighted by molar-refractivity contribution is -0.139. The first-order valence-corrected chi connectivity index (χ1v) is 10.7. The van der Waals surface area contributed by atoms with Crippen molar-refractivity contribution in [2.45, 2.75) is 13.0 Å². The molecule has 0 unspecified atom stereocenters. The normalized spacial score (nSPS) is 14.6. The van der Waals surface area contributed by atoms with Crippen LogP contribution >= 0.6 is 23.2 Å². The summed E-state index contributed by atoms with van der Waals surface area (Å²) in [4.78, 5) is 28.5. The number of anilines is 2.